The molecule has 0 unspecified atom stereocenters. The first-order valence-corrected chi connectivity index (χ1v) is 14.8. The van der Waals surface area contributed by atoms with Crippen molar-refractivity contribution in [3.63, 3.8) is 0 Å². The number of aromatic nitrogens is 5. The van der Waals surface area contributed by atoms with E-state index in [9.17, 15) is 0 Å². The zero-order valence-electron chi connectivity index (χ0n) is 23.0. The number of aromatic amines is 1. The molecule has 1 aromatic carbocycles. The molecule has 0 radical (unpaired) electrons. The van der Waals surface area contributed by atoms with Gasteiger partial charge in [-0.3, -0.25) is 9.88 Å². The number of nitrogens with zero attached hydrogens (tertiary/aromatic N) is 5. The molecule has 204 valence electrons. The minimum atomic E-state index is -0.284. The second kappa shape index (κ2) is 9.41. The number of likely N-dealkylation sites (tertiary alicyclic amines) is 1. The van der Waals surface area contributed by atoms with Crippen LogP contribution in [0.1, 0.15) is 81.1 Å². The number of fused-ring (bicyclic) bond motifs is 1. The lowest BCUT2D eigenvalue weighted by molar-refractivity contribution is 0.175. The van der Waals surface area contributed by atoms with Gasteiger partial charge in [0.15, 0.2) is 5.82 Å². The highest BCUT2D eigenvalue weighted by atomic mass is 35.5. The number of H-pyrrole nitrogens is 1. The van der Waals surface area contributed by atoms with Gasteiger partial charge in [-0.05, 0) is 86.7 Å². The lowest BCUT2D eigenvalue weighted by atomic mass is 9.58. The van der Waals surface area contributed by atoms with Crippen molar-refractivity contribution in [2.75, 3.05) is 13.1 Å². The first kappa shape index (κ1) is 25.2. The van der Waals surface area contributed by atoms with Crippen LogP contribution in [0.2, 0.25) is 5.02 Å². The summed E-state index contributed by atoms with van der Waals surface area (Å²) in [6, 6.07) is 8.10. The van der Waals surface area contributed by atoms with Crippen LogP contribution in [0.15, 0.2) is 30.6 Å². The summed E-state index contributed by atoms with van der Waals surface area (Å²) >= 11 is 6.82. The quantitative estimate of drug-likeness (QED) is 0.283. The molecule has 0 amide bonds. The third-order valence-corrected chi connectivity index (χ3v) is 9.51. The van der Waals surface area contributed by atoms with Crippen LogP contribution in [0.4, 0.5) is 4.39 Å². The fraction of sp³-hybridized carbons (Fsp3) is 0.516. The number of pyridine rings is 1. The predicted octanol–water partition coefficient (Wildman–Crippen LogP) is 6.98. The summed E-state index contributed by atoms with van der Waals surface area (Å²) < 4.78 is 18.3. The monoisotopic (exact) mass is 546 g/mol. The van der Waals surface area contributed by atoms with Crippen molar-refractivity contribution in [1.29, 1.82) is 0 Å². The SMILES string of the molecule is CC1CC(c2cc(-c3cc(Cl)c4cc(CN5CCC[C@H](C)C5)[nH]c4c3F)nc(C3CC3)c2)(c2nncn2C)C1. The third-order valence-electron chi connectivity index (χ3n) is 9.20. The van der Waals surface area contributed by atoms with Gasteiger partial charge in [0.25, 0.3) is 0 Å². The van der Waals surface area contributed by atoms with Gasteiger partial charge in [-0.15, -0.1) is 10.2 Å². The number of aryl methyl sites for hydroxylation is 1. The van der Waals surface area contributed by atoms with Crippen LogP contribution >= 0.6 is 11.6 Å². The lowest BCUT2D eigenvalue weighted by Gasteiger charge is -2.46. The molecule has 7 rings (SSSR count). The number of piperidine rings is 1. The fourth-order valence-electron chi connectivity index (χ4n) is 7.17. The summed E-state index contributed by atoms with van der Waals surface area (Å²) in [7, 11) is 2.00. The minimum absolute atomic E-state index is 0.235. The Morgan fingerprint density at radius 3 is 2.62 bits per heavy atom. The van der Waals surface area contributed by atoms with Crippen molar-refractivity contribution in [3.05, 3.63) is 64.2 Å². The van der Waals surface area contributed by atoms with Crippen LogP contribution in [-0.2, 0) is 19.0 Å². The van der Waals surface area contributed by atoms with Crippen LogP contribution in [0.3, 0.4) is 0 Å². The zero-order valence-corrected chi connectivity index (χ0v) is 23.7. The number of halogens is 2. The summed E-state index contributed by atoms with van der Waals surface area (Å²) in [5, 5.41) is 10.0. The van der Waals surface area contributed by atoms with Crippen LogP contribution in [0.25, 0.3) is 22.2 Å². The van der Waals surface area contributed by atoms with Gasteiger partial charge in [0.1, 0.15) is 12.2 Å². The van der Waals surface area contributed by atoms with E-state index in [0.29, 0.717) is 39.6 Å². The molecule has 0 bridgehead atoms. The van der Waals surface area contributed by atoms with Gasteiger partial charge in [0.05, 0.1) is 21.6 Å². The number of benzene rings is 1. The van der Waals surface area contributed by atoms with Gasteiger partial charge in [0.2, 0.25) is 0 Å². The van der Waals surface area contributed by atoms with Crippen molar-refractivity contribution >= 4 is 22.5 Å². The van der Waals surface area contributed by atoms with E-state index in [1.807, 2.05) is 17.7 Å². The van der Waals surface area contributed by atoms with E-state index < -0.39 is 0 Å². The van der Waals surface area contributed by atoms with Gasteiger partial charge in [-0.25, -0.2) is 4.39 Å². The minimum Gasteiger partial charge on any atom is -0.355 e. The average molecular weight is 547 g/mol. The van der Waals surface area contributed by atoms with Crippen molar-refractivity contribution in [1.82, 2.24) is 29.6 Å². The Kier molecular flexibility index (Phi) is 6.08. The highest BCUT2D eigenvalue weighted by molar-refractivity contribution is 6.35. The molecule has 39 heavy (non-hydrogen) atoms. The Morgan fingerprint density at radius 1 is 1.10 bits per heavy atom. The normalized spacial score (nSPS) is 25.8. The van der Waals surface area contributed by atoms with Crippen LogP contribution in [-0.4, -0.2) is 42.7 Å². The first-order valence-electron chi connectivity index (χ1n) is 14.4. The Labute approximate surface area is 234 Å². The molecule has 1 saturated heterocycles. The maximum atomic E-state index is 16.3. The standard InChI is InChI=1S/C31H36ClFN6/c1-18-5-4-8-39(15-18)16-22-11-23-25(32)12-24(28(33)29(23)35-22)27-10-21(9-26(36-27)20-6-7-20)31(13-19(2)14-31)30-37-34-17-38(30)3/h9-12,17-20,35H,4-8,13-16H2,1-3H3/t18-,19?,31?/m0/s1. The van der Waals surface area contributed by atoms with E-state index in [1.54, 1.807) is 12.4 Å². The van der Waals surface area contributed by atoms with Crippen LogP contribution in [0.5, 0.6) is 0 Å². The van der Waals surface area contributed by atoms with Crippen molar-refractivity contribution in [2.24, 2.45) is 18.9 Å². The Morgan fingerprint density at radius 2 is 1.92 bits per heavy atom. The van der Waals surface area contributed by atoms with E-state index in [1.165, 1.54) is 12.8 Å². The molecule has 8 heteroatoms. The smallest absolute Gasteiger partial charge is 0.156 e. The molecule has 1 atom stereocenters. The van der Waals surface area contributed by atoms with E-state index in [-0.39, 0.29) is 11.2 Å². The lowest BCUT2D eigenvalue weighted by Crippen LogP contribution is -2.43. The number of nitrogens with one attached hydrogen (secondary N) is 1. The number of rotatable bonds is 6. The Balaban J connectivity index is 1.31. The summed E-state index contributed by atoms with van der Waals surface area (Å²) in [6.45, 7) is 7.51. The van der Waals surface area contributed by atoms with E-state index >= 15 is 4.39 Å². The maximum Gasteiger partial charge on any atom is 0.156 e. The molecule has 4 aromatic rings. The molecular formula is C31H36ClFN6. The molecule has 1 aliphatic heterocycles. The highest BCUT2D eigenvalue weighted by Gasteiger charge is 2.48. The molecule has 3 aliphatic rings. The average Bonchev–Trinajstić information content (AvgIpc) is 3.52. The summed E-state index contributed by atoms with van der Waals surface area (Å²) in [6.07, 6.45) is 8.49. The molecule has 2 aliphatic carbocycles. The molecule has 6 nitrogen and oxygen atoms in total. The highest BCUT2D eigenvalue weighted by Crippen LogP contribution is 2.53. The predicted molar refractivity (Wildman–Crippen MR) is 152 cm³/mol. The molecule has 4 heterocycles. The van der Waals surface area contributed by atoms with Gasteiger partial charge in [-0.1, -0.05) is 25.4 Å². The summed E-state index contributed by atoms with van der Waals surface area (Å²) in [5.41, 5.74) is 4.55. The van der Waals surface area contributed by atoms with Crippen molar-refractivity contribution in [3.8, 4) is 11.3 Å². The second-order valence-electron chi connectivity index (χ2n) is 12.6. The molecule has 3 aromatic heterocycles. The number of hydrogen-bond donors (Lipinski definition) is 1. The largest absolute Gasteiger partial charge is 0.355 e. The first-order chi connectivity index (χ1) is 18.8. The van der Waals surface area contributed by atoms with Crippen LogP contribution in [0, 0.1) is 17.7 Å². The topological polar surface area (TPSA) is 62.6 Å². The van der Waals surface area contributed by atoms with Gasteiger partial charge < -0.3 is 9.55 Å². The molecule has 0 spiro atoms. The summed E-state index contributed by atoms with van der Waals surface area (Å²) in [5.74, 6) is 2.40. The van der Waals surface area contributed by atoms with Crippen molar-refractivity contribution < 1.29 is 4.39 Å². The van der Waals surface area contributed by atoms with Crippen LogP contribution < -0.4 is 0 Å². The maximum absolute atomic E-state index is 16.3. The summed E-state index contributed by atoms with van der Waals surface area (Å²) in [4.78, 5) is 10.8. The second-order valence-corrected chi connectivity index (χ2v) is 13.0. The molecular weight excluding hydrogens is 511 g/mol. The van der Waals surface area contributed by atoms with E-state index in [2.05, 4.69) is 46.1 Å². The van der Waals surface area contributed by atoms with Gasteiger partial charge in [-0.2, -0.15) is 0 Å². The zero-order chi connectivity index (χ0) is 26.9. The number of hydrogen-bond acceptors (Lipinski definition) is 4. The van der Waals surface area contributed by atoms with Crippen molar-refractivity contribution in [2.45, 2.75) is 70.3 Å². The molecule has 2 saturated carbocycles. The Hall–Kier alpha value is -2.77. The molecule has 1 N–H and O–H groups in total. The van der Waals surface area contributed by atoms with Gasteiger partial charge >= 0.3 is 0 Å². The third kappa shape index (κ3) is 4.38. The van der Waals surface area contributed by atoms with E-state index in [0.717, 1.165) is 73.5 Å². The Bertz CT molecular complexity index is 1550. The van der Waals surface area contributed by atoms with E-state index in [4.69, 9.17) is 16.6 Å². The fourth-order valence-corrected chi connectivity index (χ4v) is 7.42. The van der Waals surface area contributed by atoms with Gasteiger partial charge in [0, 0.05) is 48.4 Å². The molecule has 3 fully saturated rings.